The predicted molar refractivity (Wildman–Crippen MR) is 62.7 cm³/mol. The lowest BCUT2D eigenvalue weighted by Gasteiger charge is -2.06. The SMILES string of the molecule is Cc1cnc(NCc2ccco2)c(Br)c1. The van der Waals surface area contributed by atoms with E-state index in [1.54, 1.807) is 6.26 Å². The summed E-state index contributed by atoms with van der Waals surface area (Å²) in [6, 6.07) is 5.82. The number of hydrogen-bond donors (Lipinski definition) is 1. The Morgan fingerprint density at radius 1 is 1.53 bits per heavy atom. The van der Waals surface area contributed by atoms with Gasteiger partial charge in [-0.25, -0.2) is 4.98 Å². The van der Waals surface area contributed by atoms with Gasteiger partial charge < -0.3 is 9.73 Å². The standard InChI is InChI=1S/C11H11BrN2O/c1-8-5-10(12)11(13-6-8)14-7-9-3-2-4-15-9/h2-6H,7H2,1H3,(H,13,14). The zero-order valence-electron chi connectivity index (χ0n) is 8.33. The molecule has 0 fully saturated rings. The number of halogens is 1. The third-order valence-corrected chi connectivity index (χ3v) is 2.59. The fourth-order valence-corrected chi connectivity index (χ4v) is 1.85. The lowest BCUT2D eigenvalue weighted by Crippen LogP contribution is -2.01. The molecule has 1 N–H and O–H groups in total. The second-order valence-corrected chi connectivity index (χ2v) is 4.13. The summed E-state index contributed by atoms with van der Waals surface area (Å²) in [6.07, 6.45) is 3.49. The monoisotopic (exact) mass is 266 g/mol. The molecule has 0 saturated heterocycles. The van der Waals surface area contributed by atoms with Crippen LogP contribution < -0.4 is 5.32 Å². The fourth-order valence-electron chi connectivity index (χ4n) is 1.25. The maximum atomic E-state index is 5.21. The predicted octanol–water partition coefficient (Wildman–Crippen LogP) is 3.36. The van der Waals surface area contributed by atoms with Crippen LogP contribution >= 0.6 is 15.9 Å². The van der Waals surface area contributed by atoms with E-state index in [2.05, 4.69) is 26.2 Å². The Labute approximate surface area is 96.6 Å². The van der Waals surface area contributed by atoms with E-state index in [-0.39, 0.29) is 0 Å². The van der Waals surface area contributed by atoms with Crippen molar-refractivity contribution >= 4 is 21.7 Å². The van der Waals surface area contributed by atoms with Crippen molar-refractivity contribution < 1.29 is 4.42 Å². The molecular weight excluding hydrogens is 256 g/mol. The summed E-state index contributed by atoms with van der Waals surface area (Å²) in [5.74, 6) is 1.72. The van der Waals surface area contributed by atoms with Gasteiger partial charge in [0, 0.05) is 6.20 Å². The van der Waals surface area contributed by atoms with E-state index in [0.29, 0.717) is 6.54 Å². The highest BCUT2D eigenvalue weighted by Crippen LogP contribution is 2.20. The molecule has 0 bridgehead atoms. The van der Waals surface area contributed by atoms with Crippen LogP contribution in [-0.2, 0) is 6.54 Å². The Morgan fingerprint density at radius 2 is 2.40 bits per heavy atom. The highest BCUT2D eigenvalue weighted by atomic mass is 79.9. The zero-order valence-corrected chi connectivity index (χ0v) is 9.91. The zero-order chi connectivity index (χ0) is 10.7. The highest BCUT2D eigenvalue weighted by molar-refractivity contribution is 9.10. The molecule has 4 heteroatoms. The van der Waals surface area contributed by atoms with Crippen molar-refractivity contribution in [3.8, 4) is 0 Å². The van der Waals surface area contributed by atoms with Crippen molar-refractivity contribution in [2.45, 2.75) is 13.5 Å². The maximum absolute atomic E-state index is 5.21. The van der Waals surface area contributed by atoms with Gasteiger partial charge in [-0.05, 0) is 46.6 Å². The van der Waals surface area contributed by atoms with Gasteiger partial charge >= 0.3 is 0 Å². The van der Waals surface area contributed by atoms with Crippen molar-refractivity contribution in [3.63, 3.8) is 0 Å². The van der Waals surface area contributed by atoms with Gasteiger partial charge in [0.05, 0.1) is 17.3 Å². The molecular formula is C11H11BrN2O. The fraction of sp³-hybridized carbons (Fsp3) is 0.182. The highest BCUT2D eigenvalue weighted by Gasteiger charge is 2.02. The van der Waals surface area contributed by atoms with Crippen molar-refractivity contribution in [3.05, 3.63) is 46.5 Å². The molecule has 2 heterocycles. The number of anilines is 1. The van der Waals surface area contributed by atoms with Crippen LogP contribution in [0.1, 0.15) is 11.3 Å². The number of rotatable bonds is 3. The average Bonchev–Trinajstić information content (AvgIpc) is 2.69. The summed E-state index contributed by atoms with van der Waals surface area (Å²) in [6.45, 7) is 2.65. The summed E-state index contributed by atoms with van der Waals surface area (Å²) in [7, 11) is 0. The minimum absolute atomic E-state index is 0.641. The number of aromatic nitrogens is 1. The maximum Gasteiger partial charge on any atom is 0.140 e. The van der Waals surface area contributed by atoms with Gasteiger partial charge in [-0.15, -0.1) is 0 Å². The summed E-state index contributed by atoms with van der Waals surface area (Å²) < 4.78 is 6.18. The third-order valence-electron chi connectivity index (χ3n) is 1.99. The van der Waals surface area contributed by atoms with Crippen LogP contribution in [-0.4, -0.2) is 4.98 Å². The van der Waals surface area contributed by atoms with E-state index in [0.717, 1.165) is 21.6 Å². The topological polar surface area (TPSA) is 38.1 Å². The van der Waals surface area contributed by atoms with E-state index < -0.39 is 0 Å². The summed E-state index contributed by atoms with van der Waals surface area (Å²) >= 11 is 3.46. The largest absolute Gasteiger partial charge is 0.467 e. The third kappa shape index (κ3) is 2.59. The van der Waals surface area contributed by atoms with Crippen LogP contribution in [0.3, 0.4) is 0 Å². The van der Waals surface area contributed by atoms with Gasteiger partial charge in [-0.3, -0.25) is 0 Å². The van der Waals surface area contributed by atoms with Crippen molar-refractivity contribution in [1.29, 1.82) is 0 Å². The first-order chi connectivity index (χ1) is 7.25. The molecule has 0 aliphatic rings. The average molecular weight is 267 g/mol. The molecule has 0 aromatic carbocycles. The molecule has 2 aromatic heterocycles. The smallest absolute Gasteiger partial charge is 0.140 e. The molecule has 0 aliphatic carbocycles. The lowest BCUT2D eigenvalue weighted by atomic mass is 10.3. The van der Waals surface area contributed by atoms with Crippen molar-refractivity contribution in [2.24, 2.45) is 0 Å². The van der Waals surface area contributed by atoms with E-state index in [9.17, 15) is 0 Å². The Balaban J connectivity index is 2.05. The van der Waals surface area contributed by atoms with Crippen LogP contribution in [0.2, 0.25) is 0 Å². The molecule has 0 saturated carbocycles. The second kappa shape index (κ2) is 4.49. The molecule has 78 valence electrons. The van der Waals surface area contributed by atoms with Crippen LogP contribution in [0.25, 0.3) is 0 Å². The molecule has 0 unspecified atom stereocenters. The number of aryl methyl sites for hydroxylation is 1. The van der Waals surface area contributed by atoms with Gasteiger partial charge in [0.2, 0.25) is 0 Å². The second-order valence-electron chi connectivity index (χ2n) is 3.28. The van der Waals surface area contributed by atoms with Gasteiger partial charge in [0.25, 0.3) is 0 Å². The molecule has 0 amide bonds. The van der Waals surface area contributed by atoms with Crippen LogP contribution in [0.4, 0.5) is 5.82 Å². The Morgan fingerprint density at radius 3 is 3.07 bits per heavy atom. The van der Waals surface area contributed by atoms with Gasteiger partial charge in [-0.1, -0.05) is 0 Å². The van der Waals surface area contributed by atoms with Gasteiger partial charge in [0.15, 0.2) is 0 Å². The van der Waals surface area contributed by atoms with Crippen molar-refractivity contribution in [2.75, 3.05) is 5.32 Å². The van der Waals surface area contributed by atoms with Gasteiger partial charge in [0.1, 0.15) is 11.6 Å². The quantitative estimate of drug-likeness (QED) is 0.926. The minimum Gasteiger partial charge on any atom is -0.467 e. The first-order valence-corrected chi connectivity index (χ1v) is 5.43. The molecule has 0 atom stereocenters. The number of nitrogens with zero attached hydrogens (tertiary/aromatic N) is 1. The van der Waals surface area contributed by atoms with E-state index >= 15 is 0 Å². The molecule has 3 nitrogen and oxygen atoms in total. The van der Waals surface area contributed by atoms with E-state index in [4.69, 9.17) is 4.42 Å². The molecule has 2 rings (SSSR count). The summed E-state index contributed by atoms with van der Waals surface area (Å²) in [4.78, 5) is 4.28. The molecule has 2 aromatic rings. The molecule has 0 spiro atoms. The van der Waals surface area contributed by atoms with Crippen molar-refractivity contribution in [1.82, 2.24) is 4.98 Å². The Kier molecular flexibility index (Phi) is 3.06. The minimum atomic E-state index is 0.641. The Bertz CT molecular complexity index is 440. The molecule has 15 heavy (non-hydrogen) atoms. The summed E-state index contributed by atoms with van der Waals surface area (Å²) in [5, 5.41) is 3.19. The number of nitrogens with one attached hydrogen (secondary N) is 1. The van der Waals surface area contributed by atoms with E-state index in [1.165, 1.54) is 0 Å². The molecule has 0 aliphatic heterocycles. The Hall–Kier alpha value is -1.29. The van der Waals surface area contributed by atoms with Crippen LogP contribution in [0.15, 0.2) is 39.5 Å². The number of hydrogen-bond acceptors (Lipinski definition) is 3. The lowest BCUT2D eigenvalue weighted by molar-refractivity contribution is 0.518. The van der Waals surface area contributed by atoms with Crippen LogP contribution in [0, 0.1) is 6.92 Å². The summed E-state index contributed by atoms with van der Waals surface area (Å²) in [5.41, 5.74) is 1.13. The van der Waals surface area contributed by atoms with E-state index in [1.807, 2.05) is 31.3 Å². The first kappa shape index (κ1) is 10.2. The first-order valence-electron chi connectivity index (χ1n) is 4.64. The number of pyridine rings is 1. The van der Waals surface area contributed by atoms with Crippen LogP contribution in [0.5, 0.6) is 0 Å². The normalized spacial score (nSPS) is 10.3. The molecule has 0 radical (unpaired) electrons. The van der Waals surface area contributed by atoms with Gasteiger partial charge in [-0.2, -0.15) is 0 Å². The number of furan rings is 1.